The summed E-state index contributed by atoms with van der Waals surface area (Å²) in [6, 6.07) is 3.57. The van der Waals surface area contributed by atoms with Crippen LogP contribution in [-0.2, 0) is 10.9 Å². The minimum atomic E-state index is -4.46. The largest absolute Gasteiger partial charge is 0.475 e. The van der Waals surface area contributed by atoms with Crippen molar-refractivity contribution in [1.82, 2.24) is 10.3 Å². The molecule has 1 aliphatic rings. The lowest BCUT2D eigenvalue weighted by Gasteiger charge is -2.23. The number of nitrogens with zero attached hydrogens (tertiary/aromatic N) is 1. The molecule has 1 atom stereocenters. The first kappa shape index (κ1) is 13.1. The highest BCUT2D eigenvalue weighted by atomic mass is 19.4. The van der Waals surface area contributed by atoms with Crippen molar-refractivity contribution in [2.45, 2.75) is 12.3 Å². The summed E-state index contributed by atoms with van der Waals surface area (Å²) in [5.74, 6) is -0.0426. The predicted molar refractivity (Wildman–Crippen MR) is 57.3 cm³/mol. The van der Waals surface area contributed by atoms with E-state index >= 15 is 0 Å². The van der Waals surface area contributed by atoms with Crippen molar-refractivity contribution in [3.63, 3.8) is 0 Å². The Labute approximate surface area is 102 Å². The van der Waals surface area contributed by atoms with Crippen LogP contribution in [0.4, 0.5) is 13.2 Å². The Morgan fingerprint density at radius 2 is 2.28 bits per heavy atom. The van der Waals surface area contributed by atoms with Gasteiger partial charge in [0.2, 0.25) is 5.88 Å². The third kappa shape index (κ3) is 3.58. The monoisotopic (exact) mass is 262 g/mol. The third-order valence-corrected chi connectivity index (χ3v) is 2.44. The lowest BCUT2D eigenvalue weighted by molar-refractivity contribution is -0.141. The van der Waals surface area contributed by atoms with Crippen molar-refractivity contribution >= 4 is 0 Å². The van der Waals surface area contributed by atoms with Gasteiger partial charge in [-0.15, -0.1) is 0 Å². The van der Waals surface area contributed by atoms with Crippen LogP contribution in [0.15, 0.2) is 18.2 Å². The van der Waals surface area contributed by atoms with Crippen molar-refractivity contribution < 1.29 is 22.6 Å². The average molecular weight is 262 g/mol. The Morgan fingerprint density at radius 3 is 2.94 bits per heavy atom. The molecule has 4 nitrogen and oxygen atoms in total. The number of aromatic nitrogens is 1. The number of pyridine rings is 1. The number of rotatable bonds is 3. The van der Waals surface area contributed by atoms with Gasteiger partial charge in [0, 0.05) is 19.2 Å². The summed E-state index contributed by atoms with van der Waals surface area (Å²) >= 11 is 0. The molecule has 1 aromatic rings. The van der Waals surface area contributed by atoms with Gasteiger partial charge >= 0.3 is 6.18 Å². The zero-order valence-corrected chi connectivity index (χ0v) is 9.54. The van der Waals surface area contributed by atoms with Gasteiger partial charge < -0.3 is 14.8 Å². The van der Waals surface area contributed by atoms with Crippen LogP contribution >= 0.6 is 0 Å². The van der Waals surface area contributed by atoms with E-state index in [2.05, 4.69) is 10.3 Å². The second-order valence-electron chi connectivity index (χ2n) is 3.87. The quantitative estimate of drug-likeness (QED) is 0.895. The Hall–Kier alpha value is -1.34. The molecule has 1 aromatic heterocycles. The number of nitrogens with one attached hydrogen (secondary N) is 1. The minimum Gasteiger partial charge on any atom is -0.475 e. The highest BCUT2D eigenvalue weighted by molar-refractivity contribution is 5.17. The smallest absolute Gasteiger partial charge is 0.433 e. The average Bonchev–Trinajstić information content (AvgIpc) is 2.37. The van der Waals surface area contributed by atoms with E-state index in [0.29, 0.717) is 13.2 Å². The maximum atomic E-state index is 12.4. The molecule has 2 heterocycles. The summed E-state index contributed by atoms with van der Waals surface area (Å²) in [7, 11) is 0. The van der Waals surface area contributed by atoms with Crippen LogP contribution in [0.3, 0.4) is 0 Å². The molecule has 0 aliphatic carbocycles. The van der Waals surface area contributed by atoms with Gasteiger partial charge in [0.25, 0.3) is 0 Å². The van der Waals surface area contributed by atoms with Crippen molar-refractivity contribution in [2.75, 3.05) is 26.3 Å². The molecule has 0 radical (unpaired) electrons. The number of ether oxygens (including phenoxy) is 2. The zero-order chi connectivity index (χ0) is 13.0. The molecule has 100 valence electrons. The van der Waals surface area contributed by atoms with Gasteiger partial charge in [-0.1, -0.05) is 6.07 Å². The summed E-state index contributed by atoms with van der Waals surface area (Å²) in [5.41, 5.74) is -0.956. The molecular formula is C11H13F3N2O2. The molecule has 1 N–H and O–H groups in total. The number of halogens is 3. The van der Waals surface area contributed by atoms with Gasteiger partial charge in [0.05, 0.1) is 6.61 Å². The van der Waals surface area contributed by atoms with Crippen LogP contribution in [0.1, 0.15) is 5.69 Å². The topological polar surface area (TPSA) is 43.4 Å². The third-order valence-electron chi connectivity index (χ3n) is 2.44. The zero-order valence-electron chi connectivity index (χ0n) is 9.54. The van der Waals surface area contributed by atoms with E-state index in [1.165, 1.54) is 12.1 Å². The molecule has 0 saturated carbocycles. The highest BCUT2D eigenvalue weighted by Crippen LogP contribution is 2.28. The summed E-state index contributed by atoms with van der Waals surface area (Å²) in [4.78, 5) is 3.41. The van der Waals surface area contributed by atoms with E-state index < -0.39 is 11.9 Å². The standard InChI is InChI=1S/C11H13F3N2O2/c12-11(13,14)9-2-1-3-10(16-9)18-7-8-6-15-4-5-17-8/h1-3,8,15H,4-7H2. The first-order valence-corrected chi connectivity index (χ1v) is 5.55. The van der Waals surface area contributed by atoms with E-state index in [4.69, 9.17) is 9.47 Å². The minimum absolute atomic E-state index is 0.0426. The molecule has 0 aromatic carbocycles. The molecule has 1 saturated heterocycles. The van der Waals surface area contributed by atoms with Crippen LogP contribution in [0, 0.1) is 0 Å². The first-order chi connectivity index (χ1) is 8.55. The molecule has 1 fully saturated rings. The van der Waals surface area contributed by atoms with Crippen molar-refractivity contribution in [3.05, 3.63) is 23.9 Å². The van der Waals surface area contributed by atoms with Gasteiger partial charge in [0.15, 0.2) is 0 Å². The maximum absolute atomic E-state index is 12.4. The fourth-order valence-corrected chi connectivity index (χ4v) is 1.56. The summed E-state index contributed by atoms with van der Waals surface area (Å²) < 4.78 is 47.8. The summed E-state index contributed by atoms with van der Waals surface area (Å²) in [5, 5.41) is 3.10. The lowest BCUT2D eigenvalue weighted by atomic mass is 10.3. The number of morpholine rings is 1. The van der Waals surface area contributed by atoms with Crippen LogP contribution in [0.25, 0.3) is 0 Å². The van der Waals surface area contributed by atoms with Gasteiger partial charge in [-0.3, -0.25) is 0 Å². The molecule has 0 amide bonds. The lowest BCUT2D eigenvalue weighted by Crippen LogP contribution is -2.41. The van der Waals surface area contributed by atoms with Crippen LogP contribution < -0.4 is 10.1 Å². The van der Waals surface area contributed by atoms with Crippen molar-refractivity contribution in [3.8, 4) is 5.88 Å². The molecule has 0 bridgehead atoms. The molecule has 18 heavy (non-hydrogen) atoms. The second-order valence-corrected chi connectivity index (χ2v) is 3.87. The summed E-state index contributed by atoms with van der Waals surface area (Å²) in [6.07, 6.45) is -4.61. The molecule has 2 rings (SSSR count). The highest BCUT2D eigenvalue weighted by Gasteiger charge is 2.32. The van der Waals surface area contributed by atoms with E-state index in [9.17, 15) is 13.2 Å². The molecule has 1 aliphatic heterocycles. The van der Waals surface area contributed by atoms with Crippen molar-refractivity contribution in [2.24, 2.45) is 0 Å². The summed E-state index contributed by atoms with van der Waals surface area (Å²) in [6.45, 7) is 2.16. The number of alkyl halides is 3. The number of hydrogen-bond acceptors (Lipinski definition) is 4. The number of hydrogen-bond donors (Lipinski definition) is 1. The van der Waals surface area contributed by atoms with E-state index in [0.717, 1.165) is 12.6 Å². The van der Waals surface area contributed by atoms with Gasteiger partial charge in [0.1, 0.15) is 18.4 Å². The Morgan fingerprint density at radius 1 is 1.44 bits per heavy atom. The SMILES string of the molecule is FC(F)(F)c1cccc(OCC2CNCCO2)n1. The Balaban J connectivity index is 1.92. The fraction of sp³-hybridized carbons (Fsp3) is 0.545. The normalized spacial score (nSPS) is 20.7. The van der Waals surface area contributed by atoms with Gasteiger partial charge in [-0.2, -0.15) is 13.2 Å². The van der Waals surface area contributed by atoms with E-state index in [1.807, 2.05) is 0 Å². The predicted octanol–water partition coefficient (Wildman–Crippen LogP) is 1.47. The van der Waals surface area contributed by atoms with Crippen LogP contribution in [0.2, 0.25) is 0 Å². The van der Waals surface area contributed by atoms with E-state index in [-0.39, 0.29) is 18.6 Å². The van der Waals surface area contributed by atoms with E-state index in [1.54, 1.807) is 0 Å². The van der Waals surface area contributed by atoms with Crippen LogP contribution in [0.5, 0.6) is 5.88 Å². The fourth-order valence-electron chi connectivity index (χ4n) is 1.56. The maximum Gasteiger partial charge on any atom is 0.433 e. The Kier molecular flexibility index (Phi) is 4.03. The second kappa shape index (κ2) is 5.53. The van der Waals surface area contributed by atoms with Crippen molar-refractivity contribution in [1.29, 1.82) is 0 Å². The molecule has 0 spiro atoms. The van der Waals surface area contributed by atoms with Crippen LogP contribution in [-0.4, -0.2) is 37.4 Å². The molecule has 7 heteroatoms. The van der Waals surface area contributed by atoms with Gasteiger partial charge in [-0.05, 0) is 6.07 Å². The van der Waals surface area contributed by atoms with Gasteiger partial charge in [-0.25, -0.2) is 4.98 Å². The Bertz CT molecular complexity index is 392. The molecule has 1 unspecified atom stereocenters. The molecular weight excluding hydrogens is 249 g/mol. The first-order valence-electron chi connectivity index (χ1n) is 5.55.